The largest absolute Gasteiger partial charge is 0.320 e. The lowest BCUT2D eigenvalue weighted by Gasteiger charge is -2.30. The number of hydrogen-bond acceptors (Lipinski definition) is 2. The summed E-state index contributed by atoms with van der Waals surface area (Å²) in [5.41, 5.74) is 1.35. The zero-order valence-corrected chi connectivity index (χ0v) is 13.4. The molecule has 0 amide bonds. The van der Waals surface area contributed by atoms with Crippen molar-refractivity contribution in [2.75, 3.05) is 0 Å². The van der Waals surface area contributed by atoms with E-state index < -0.39 is 0 Å². The SMILES string of the molecule is Cn1cnnc1[C@@H](c1cccc(Br)c1)C1CCCCC1. The maximum atomic E-state index is 4.40. The van der Waals surface area contributed by atoms with Crippen LogP contribution in [-0.4, -0.2) is 14.8 Å². The van der Waals surface area contributed by atoms with Crippen LogP contribution >= 0.6 is 15.9 Å². The first-order chi connectivity index (χ1) is 9.75. The molecule has 0 radical (unpaired) electrons. The summed E-state index contributed by atoms with van der Waals surface area (Å²) in [6.07, 6.45) is 8.46. The monoisotopic (exact) mass is 333 g/mol. The van der Waals surface area contributed by atoms with Crippen LogP contribution in [0, 0.1) is 5.92 Å². The van der Waals surface area contributed by atoms with E-state index in [9.17, 15) is 0 Å². The van der Waals surface area contributed by atoms with Crippen LogP contribution in [0.5, 0.6) is 0 Å². The molecule has 106 valence electrons. The Morgan fingerprint density at radius 3 is 2.70 bits per heavy atom. The molecule has 3 nitrogen and oxygen atoms in total. The molecule has 0 bridgehead atoms. The molecule has 20 heavy (non-hydrogen) atoms. The number of rotatable bonds is 3. The van der Waals surface area contributed by atoms with E-state index in [0.717, 1.165) is 10.3 Å². The highest BCUT2D eigenvalue weighted by molar-refractivity contribution is 9.10. The van der Waals surface area contributed by atoms with Gasteiger partial charge in [-0.2, -0.15) is 0 Å². The summed E-state index contributed by atoms with van der Waals surface area (Å²) >= 11 is 3.59. The van der Waals surface area contributed by atoms with E-state index in [1.165, 1.54) is 37.7 Å². The predicted octanol–water partition coefficient (Wildman–Crippen LogP) is 4.29. The van der Waals surface area contributed by atoms with Crippen LogP contribution in [0.4, 0.5) is 0 Å². The number of halogens is 1. The Hall–Kier alpha value is -1.16. The Morgan fingerprint density at radius 1 is 1.25 bits per heavy atom. The van der Waals surface area contributed by atoms with Gasteiger partial charge < -0.3 is 4.57 Å². The summed E-state index contributed by atoms with van der Waals surface area (Å²) in [5, 5.41) is 8.48. The van der Waals surface area contributed by atoms with Crippen LogP contribution in [0.3, 0.4) is 0 Å². The molecule has 1 fully saturated rings. The molecule has 1 atom stereocenters. The highest BCUT2D eigenvalue weighted by atomic mass is 79.9. The maximum Gasteiger partial charge on any atom is 0.140 e. The van der Waals surface area contributed by atoms with E-state index in [-0.39, 0.29) is 0 Å². The molecule has 0 N–H and O–H groups in total. The lowest BCUT2D eigenvalue weighted by molar-refractivity contribution is 0.317. The third kappa shape index (κ3) is 2.80. The molecule has 0 aliphatic heterocycles. The Morgan fingerprint density at radius 2 is 2.05 bits per heavy atom. The fraction of sp³-hybridized carbons (Fsp3) is 0.500. The summed E-state index contributed by atoms with van der Waals surface area (Å²) < 4.78 is 3.21. The number of nitrogens with zero attached hydrogens (tertiary/aromatic N) is 3. The second-order valence-electron chi connectivity index (χ2n) is 5.73. The van der Waals surface area contributed by atoms with Crippen LogP contribution < -0.4 is 0 Å². The molecule has 1 aromatic carbocycles. The molecular formula is C16H20BrN3. The minimum Gasteiger partial charge on any atom is -0.320 e. The predicted molar refractivity (Wildman–Crippen MR) is 83.6 cm³/mol. The Balaban J connectivity index is 2.01. The topological polar surface area (TPSA) is 30.7 Å². The Kier molecular flexibility index (Phi) is 4.20. The Bertz CT molecular complexity index is 573. The van der Waals surface area contributed by atoms with Gasteiger partial charge in [0.05, 0.1) is 0 Å². The van der Waals surface area contributed by atoms with Crippen LogP contribution in [0.25, 0.3) is 0 Å². The molecule has 0 spiro atoms. The smallest absolute Gasteiger partial charge is 0.140 e. The second kappa shape index (κ2) is 6.08. The van der Waals surface area contributed by atoms with Gasteiger partial charge in [-0.3, -0.25) is 0 Å². The highest BCUT2D eigenvalue weighted by Crippen LogP contribution is 2.40. The first-order valence-electron chi connectivity index (χ1n) is 7.35. The van der Waals surface area contributed by atoms with Gasteiger partial charge in [-0.1, -0.05) is 47.3 Å². The molecule has 1 saturated carbocycles. The van der Waals surface area contributed by atoms with E-state index in [1.807, 2.05) is 13.4 Å². The first kappa shape index (κ1) is 13.8. The van der Waals surface area contributed by atoms with E-state index in [4.69, 9.17) is 0 Å². The van der Waals surface area contributed by atoms with Gasteiger partial charge in [0.15, 0.2) is 0 Å². The number of aryl methyl sites for hydroxylation is 1. The standard InChI is InChI=1S/C16H20BrN3/c1-20-11-18-19-16(20)15(12-6-3-2-4-7-12)13-8-5-9-14(17)10-13/h5,8-12,15H,2-4,6-7H2,1H3/t15-/m1/s1. The van der Waals surface area contributed by atoms with Crippen molar-refractivity contribution in [1.82, 2.24) is 14.8 Å². The fourth-order valence-corrected chi connectivity index (χ4v) is 3.79. The van der Waals surface area contributed by atoms with Crippen LogP contribution in [0.2, 0.25) is 0 Å². The third-order valence-corrected chi connectivity index (χ3v) is 4.85. The molecule has 1 heterocycles. The van der Waals surface area contributed by atoms with Crippen molar-refractivity contribution >= 4 is 15.9 Å². The van der Waals surface area contributed by atoms with Gasteiger partial charge in [-0.25, -0.2) is 0 Å². The fourth-order valence-electron chi connectivity index (χ4n) is 3.37. The molecule has 2 aromatic rings. The normalized spacial score (nSPS) is 18.1. The third-order valence-electron chi connectivity index (χ3n) is 4.35. The van der Waals surface area contributed by atoms with Crippen LogP contribution in [0.15, 0.2) is 35.1 Å². The van der Waals surface area contributed by atoms with Gasteiger partial charge in [0.25, 0.3) is 0 Å². The zero-order chi connectivity index (χ0) is 13.9. The quantitative estimate of drug-likeness (QED) is 0.838. The lowest BCUT2D eigenvalue weighted by Crippen LogP contribution is -2.20. The lowest BCUT2D eigenvalue weighted by atomic mass is 9.76. The molecule has 3 rings (SSSR count). The van der Waals surface area contributed by atoms with Crippen molar-refractivity contribution in [2.45, 2.75) is 38.0 Å². The van der Waals surface area contributed by atoms with Crippen LogP contribution in [0.1, 0.15) is 49.4 Å². The summed E-state index contributed by atoms with van der Waals surface area (Å²) in [4.78, 5) is 0. The number of hydrogen-bond donors (Lipinski definition) is 0. The van der Waals surface area contributed by atoms with Crippen molar-refractivity contribution < 1.29 is 0 Å². The van der Waals surface area contributed by atoms with Gasteiger partial charge >= 0.3 is 0 Å². The molecular weight excluding hydrogens is 314 g/mol. The zero-order valence-electron chi connectivity index (χ0n) is 11.8. The van der Waals surface area contributed by atoms with Crippen LogP contribution in [-0.2, 0) is 7.05 Å². The molecule has 0 saturated heterocycles. The summed E-state index contributed by atoms with van der Waals surface area (Å²) in [6, 6.07) is 8.65. The van der Waals surface area contributed by atoms with Crippen molar-refractivity contribution in [1.29, 1.82) is 0 Å². The van der Waals surface area contributed by atoms with Crippen molar-refractivity contribution in [3.63, 3.8) is 0 Å². The van der Waals surface area contributed by atoms with E-state index >= 15 is 0 Å². The van der Waals surface area contributed by atoms with Crippen molar-refractivity contribution in [3.05, 3.63) is 46.5 Å². The summed E-state index contributed by atoms with van der Waals surface area (Å²) in [6.45, 7) is 0. The van der Waals surface area contributed by atoms with Gasteiger partial charge in [-0.05, 0) is 36.5 Å². The number of aromatic nitrogens is 3. The minimum absolute atomic E-state index is 0.361. The highest BCUT2D eigenvalue weighted by Gasteiger charge is 2.29. The van der Waals surface area contributed by atoms with E-state index in [0.29, 0.717) is 11.8 Å². The second-order valence-corrected chi connectivity index (χ2v) is 6.65. The molecule has 1 aromatic heterocycles. The van der Waals surface area contributed by atoms with Gasteiger partial charge in [-0.15, -0.1) is 10.2 Å². The van der Waals surface area contributed by atoms with Gasteiger partial charge in [0.1, 0.15) is 12.2 Å². The maximum absolute atomic E-state index is 4.40. The van der Waals surface area contributed by atoms with Gasteiger partial charge in [0, 0.05) is 17.4 Å². The average Bonchev–Trinajstić information content (AvgIpc) is 2.87. The first-order valence-corrected chi connectivity index (χ1v) is 8.14. The average molecular weight is 334 g/mol. The van der Waals surface area contributed by atoms with Crippen molar-refractivity contribution in [2.24, 2.45) is 13.0 Å². The molecule has 1 aliphatic carbocycles. The van der Waals surface area contributed by atoms with Crippen molar-refractivity contribution in [3.8, 4) is 0 Å². The Labute approximate surface area is 128 Å². The molecule has 1 aliphatic rings. The van der Waals surface area contributed by atoms with E-state index in [1.54, 1.807) is 0 Å². The molecule has 4 heteroatoms. The number of benzene rings is 1. The summed E-state index contributed by atoms with van der Waals surface area (Å²) in [7, 11) is 2.04. The summed E-state index contributed by atoms with van der Waals surface area (Å²) in [5.74, 6) is 2.14. The van der Waals surface area contributed by atoms with E-state index in [2.05, 4.69) is 55.0 Å². The van der Waals surface area contributed by atoms with Gasteiger partial charge in [0.2, 0.25) is 0 Å². The minimum atomic E-state index is 0.361. The molecule has 0 unspecified atom stereocenters.